The Morgan fingerprint density at radius 3 is 2.54 bits per heavy atom. The molecule has 5 N–H and O–H groups in total. The maximum Gasteiger partial charge on any atom is 0.459 e. The fourth-order valence-electron chi connectivity index (χ4n) is 3.53. The summed E-state index contributed by atoms with van der Waals surface area (Å²) >= 11 is 0. The van der Waals surface area contributed by atoms with Crippen LogP contribution in [0.15, 0.2) is 52.2 Å². The van der Waals surface area contributed by atoms with Gasteiger partial charge in [-0.15, -0.1) is 6.42 Å². The second kappa shape index (κ2) is 10.6. The Kier molecular flexibility index (Phi) is 8.14. The predicted octanol–water partition coefficient (Wildman–Crippen LogP) is 0.452. The van der Waals surface area contributed by atoms with Crippen molar-refractivity contribution in [3.63, 3.8) is 0 Å². The van der Waals surface area contributed by atoms with Crippen molar-refractivity contribution in [1.29, 1.82) is 0 Å². The Morgan fingerprint density at radius 1 is 1.35 bits per heavy atom. The molecule has 3 rings (SSSR count). The van der Waals surface area contributed by atoms with E-state index in [4.69, 9.17) is 20.2 Å². The summed E-state index contributed by atoms with van der Waals surface area (Å²) in [6.45, 7) is 3.79. The maximum absolute atomic E-state index is 13.8. The Balaban J connectivity index is 1.91. The van der Waals surface area contributed by atoms with E-state index in [0.29, 0.717) is 0 Å². The molecule has 1 aromatic heterocycles. The van der Waals surface area contributed by atoms with Crippen LogP contribution < -0.4 is 20.9 Å². The Labute approximate surface area is 211 Å². The van der Waals surface area contributed by atoms with E-state index in [-0.39, 0.29) is 5.75 Å². The van der Waals surface area contributed by atoms with Crippen molar-refractivity contribution in [2.24, 2.45) is 5.92 Å². The minimum absolute atomic E-state index is 0.0977. The number of terminal acetylenes is 1. The molecule has 1 aliphatic heterocycles. The molecule has 0 aliphatic carbocycles. The fraction of sp³-hybridized carbons (Fsp3) is 0.435. The molecule has 0 radical (unpaired) electrons. The smallest absolute Gasteiger partial charge is 0.459 e. The molecule has 1 saturated heterocycles. The van der Waals surface area contributed by atoms with Crippen LogP contribution in [-0.2, 0) is 18.6 Å². The van der Waals surface area contributed by atoms with Crippen molar-refractivity contribution in [1.82, 2.24) is 14.6 Å². The highest BCUT2D eigenvalue weighted by molar-refractivity contribution is 7.52. The summed E-state index contributed by atoms with van der Waals surface area (Å²) < 4.78 is 31.2. The quantitative estimate of drug-likeness (QED) is 0.209. The van der Waals surface area contributed by atoms with E-state index in [2.05, 4.69) is 5.09 Å². The molecule has 14 heteroatoms. The number of hydrogen-bond donors (Lipinski definition) is 5. The number of aromatic nitrogens is 2. The van der Waals surface area contributed by atoms with E-state index < -0.39 is 67.1 Å². The molecule has 0 amide bonds. The number of rotatable bonds is 10. The van der Waals surface area contributed by atoms with Crippen LogP contribution in [0.25, 0.3) is 0 Å². The van der Waals surface area contributed by atoms with Gasteiger partial charge in [-0.1, -0.05) is 38.0 Å². The number of hydrogen-bond acceptors (Lipinski definition) is 9. The van der Waals surface area contributed by atoms with Crippen molar-refractivity contribution in [3.8, 4) is 18.1 Å². The van der Waals surface area contributed by atoms with Gasteiger partial charge in [-0.2, -0.15) is 5.09 Å². The molecule has 1 fully saturated rings. The molecular formula is C23H28N3O10P. The number of aliphatic hydroxyl groups is 2. The van der Waals surface area contributed by atoms with E-state index in [9.17, 15) is 34.3 Å². The third-order valence-electron chi connectivity index (χ3n) is 6.16. The Morgan fingerprint density at radius 2 is 2.00 bits per heavy atom. The van der Waals surface area contributed by atoms with E-state index >= 15 is 0 Å². The van der Waals surface area contributed by atoms with Crippen LogP contribution in [0.1, 0.15) is 27.0 Å². The zero-order valence-electron chi connectivity index (χ0n) is 20.2. The molecule has 0 saturated carbocycles. The van der Waals surface area contributed by atoms with Gasteiger partial charge in [0.1, 0.15) is 23.5 Å². The van der Waals surface area contributed by atoms with Gasteiger partial charge in [-0.25, -0.2) is 9.36 Å². The zero-order valence-corrected chi connectivity index (χ0v) is 21.1. The third kappa shape index (κ3) is 5.70. The summed E-state index contributed by atoms with van der Waals surface area (Å²) in [4.78, 5) is 37.7. The second-order valence-corrected chi connectivity index (χ2v) is 10.6. The number of ether oxygens (including phenoxy) is 1. The summed E-state index contributed by atoms with van der Waals surface area (Å²) in [7, 11) is -4.48. The number of aliphatic carboxylic acids is 1. The minimum atomic E-state index is -4.48. The summed E-state index contributed by atoms with van der Waals surface area (Å²) in [5.74, 6) is 0.201. The zero-order chi connectivity index (χ0) is 27.6. The molecular weight excluding hydrogens is 509 g/mol. The van der Waals surface area contributed by atoms with Crippen molar-refractivity contribution >= 4 is 13.7 Å². The van der Waals surface area contributed by atoms with Gasteiger partial charge < -0.3 is 24.6 Å². The molecule has 2 aromatic rings. The first-order valence-corrected chi connectivity index (χ1v) is 12.7. The van der Waals surface area contributed by atoms with Gasteiger partial charge in [0.15, 0.2) is 11.8 Å². The van der Waals surface area contributed by atoms with Gasteiger partial charge in [0.05, 0.1) is 6.61 Å². The van der Waals surface area contributed by atoms with Crippen LogP contribution in [0.3, 0.4) is 0 Å². The summed E-state index contributed by atoms with van der Waals surface area (Å²) in [6.07, 6.45) is 1.52. The number of H-pyrrole nitrogens is 1. The first-order valence-electron chi connectivity index (χ1n) is 11.1. The van der Waals surface area contributed by atoms with Crippen LogP contribution in [0.4, 0.5) is 0 Å². The van der Waals surface area contributed by atoms with E-state index in [1.54, 1.807) is 32.0 Å². The average molecular weight is 537 g/mol. The second-order valence-electron chi connectivity index (χ2n) is 8.93. The van der Waals surface area contributed by atoms with Crippen LogP contribution >= 0.6 is 7.75 Å². The Bertz CT molecular complexity index is 1340. The SMILES string of the molecule is C#C[C@@]1(O)[C@H](O)[C@@H](COP(=O)(NC(C)(C(=O)O)C(C)C)Oc2ccccc2)O[C@H]1n1ccc(=O)[nH]c1=O. The van der Waals surface area contributed by atoms with Crippen LogP contribution in [0.2, 0.25) is 0 Å². The molecule has 200 valence electrons. The van der Waals surface area contributed by atoms with E-state index in [1.807, 2.05) is 10.9 Å². The minimum Gasteiger partial charge on any atom is -0.480 e. The lowest BCUT2D eigenvalue weighted by atomic mass is 9.90. The van der Waals surface area contributed by atoms with Gasteiger partial charge >= 0.3 is 19.4 Å². The third-order valence-corrected chi connectivity index (χ3v) is 7.84. The van der Waals surface area contributed by atoms with Crippen LogP contribution in [0, 0.1) is 18.3 Å². The highest BCUT2D eigenvalue weighted by Crippen LogP contribution is 2.48. The molecule has 6 atom stereocenters. The number of nitrogens with zero attached hydrogens (tertiary/aromatic N) is 1. The Hall–Kier alpha value is -3.24. The van der Waals surface area contributed by atoms with Crippen molar-refractivity contribution < 1.29 is 38.5 Å². The normalized spacial score (nSPS) is 26.7. The van der Waals surface area contributed by atoms with Crippen molar-refractivity contribution in [2.45, 2.75) is 50.3 Å². The number of aliphatic hydroxyl groups excluding tert-OH is 1. The topological polar surface area (TPSA) is 189 Å². The van der Waals surface area contributed by atoms with Crippen LogP contribution in [0.5, 0.6) is 5.75 Å². The van der Waals surface area contributed by atoms with Crippen molar-refractivity contribution in [3.05, 3.63) is 63.4 Å². The predicted molar refractivity (Wildman–Crippen MR) is 130 cm³/mol. The molecule has 0 spiro atoms. The number of carbonyl (C=O) groups is 1. The molecule has 2 unspecified atom stereocenters. The highest BCUT2D eigenvalue weighted by Gasteiger charge is 2.56. The first-order chi connectivity index (χ1) is 17.3. The standard InChI is InChI=1S/C23H28N3O10P/c1-5-23(32)18(28)16(35-19(23)26-12-11-17(27)24-21(26)31)13-34-37(33,36-15-9-7-6-8-10-15)25-22(4,14(2)3)20(29)30/h1,6-12,14,16,18-19,28,32H,13H2,2-4H3,(H,25,33)(H,29,30)(H,24,27,31)/t16-,18-,19-,22?,23-,37?/m1/s1. The van der Waals surface area contributed by atoms with Gasteiger partial charge in [-0.3, -0.25) is 23.7 Å². The highest BCUT2D eigenvalue weighted by atomic mass is 31.2. The number of benzene rings is 1. The molecule has 0 bridgehead atoms. The van der Waals surface area contributed by atoms with Gasteiger partial charge in [0.2, 0.25) is 0 Å². The van der Waals surface area contributed by atoms with Crippen LogP contribution in [-0.4, -0.2) is 60.8 Å². The fourth-order valence-corrected chi connectivity index (χ4v) is 5.36. The van der Waals surface area contributed by atoms with E-state index in [0.717, 1.165) is 16.8 Å². The average Bonchev–Trinajstić information content (AvgIpc) is 3.08. The van der Waals surface area contributed by atoms with Gasteiger partial charge in [0.25, 0.3) is 5.56 Å². The number of carboxylic acids is 1. The van der Waals surface area contributed by atoms with E-state index in [1.165, 1.54) is 19.1 Å². The molecule has 37 heavy (non-hydrogen) atoms. The summed E-state index contributed by atoms with van der Waals surface area (Å²) in [6, 6.07) is 8.82. The first kappa shape index (κ1) is 28.3. The summed E-state index contributed by atoms with van der Waals surface area (Å²) in [5.41, 5.74) is -5.87. The number of para-hydroxylation sites is 1. The lowest BCUT2D eigenvalue weighted by Gasteiger charge is -2.33. The molecule has 1 aromatic carbocycles. The van der Waals surface area contributed by atoms with Gasteiger partial charge in [-0.05, 0) is 25.0 Å². The number of aromatic amines is 1. The van der Waals surface area contributed by atoms with Crippen molar-refractivity contribution in [2.75, 3.05) is 6.61 Å². The largest absolute Gasteiger partial charge is 0.480 e. The number of nitrogens with one attached hydrogen (secondary N) is 2. The lowest BCUT2D eigenvalue weighted by molar-refractivity contribution is -0.145. The molecule has 1 aliphatic rings. The molecule has 13 nitrogen and oxygen atoms in total. The summed E-state index contributed by atoms with van der Waals surface area (Å²) in [5, 5.41) is 33.9. The van der Waals surface area contributed by atoms with Gasteiger partial charge in [0, 0.05) is 12.3 Å². The maximum atomic E-state index is 13.8. The molecule has 2 heterocycles. The monoisotopic (exact) mass is 537 g/mol. The number of carboxylic acid groups (broad SMARTS) is 1. The lowest BCUT2D eigenvalue weighted by Crippen LogP contribution is -2.53.